The summed E-state index contributed by atoms with van der Waals surface area (Å²) in [6.07, 6.45) is 3.52. The van der Waals surface area contributed by atoms with Gasteiger partial charge in [0.15, 0.2) is 0 Å². The normalized spacial score (nSPS) is 22.3. The minimum Gasteiger partial charge on any atom is -0.347 e. The number of nitrogens with one attached hydrogen (secondary N) is 1. The number of nitrogens with two attached hydrogens (primary N) is 1. The summed E-state index contributed by atoms with van der Waals surface area (Å²) in [7, 11) is 0. The van der Waals surface area contributed by atoms with Gasteiger partial charge in [0.1, 0.15) is 0 Å². The van der Waals surface area contributed by atoms with E-state index in [2.05, 4.69) is 21.6 Å². The highest BCUT2D eigenvalue weighted by Crippen LogP contribution is 2.41. The largest absolute Gasteiger partial charge is 0.347 e. The molecular weight excluding hydrogens is 487 g/mol. The van der Waals surface area contributed by atoms with Crippen molar-refractivity contribution in [2.45, 2.75) is 63.6 Å². The quantitative estimate of drug-likeness (QED) is 0.633. The zero-order valence-corrected chi connectivity index (χ0v) is 21.2. The summed E-state index contributed by atoms with van der Waals surface area (Å²) in [5.74, 6) is -0.0219. The monoisotopic (exact) mass is 516 g/mol. The second-order valence-electron chi connectivity index (χ2n) is 8.85. The molecule has 2 heterocycles. The maximum atomic E-state index is 13.1. The number of carbonyl (C=O) groups is 2. The number of fused-ring (bicyclic) bond motifs is 1. The molecule has 1 aliphatic carbocycles. The van der Waals surface area contributed by atoms with Crippen LogP contribution in [-0.4, -0.2) is 56.7 Å². The van der Waals surface area contributed by atoms with Crippen LogP contribution >= 0.6 is 36.4 Å². The number of nitrogens with zero attached hydrogens (tertiary/aromatic N) is 4. The van der Waals surface area contributed by atoms with Gasteiger partial charge in [0.25, 0.3) is 11.8 Å². The molecule has 2 aromatic rings. The van der Waals surface area contributed by atoms with E-state index in [1.54, 1.807) is 4.57 Å². The van der Waals surface area contributed by atoms with E-state index < -0.39 is 0 Å². The Labute approximate surface area is 211 Å². The van der Waals surface area contributed by atoms with Gasteiger partial charge in [-0.2, -0.15) is 0 Å². The summed E-state index contributed by atoms with van der Waals surface area (Å²) >= 11 is 6.22. The first-order chi connectivity index (χ1) is 14.8. The van der Waals surface area contributed by atoms with Crippen LogP contribution in [0.25, 0.3) is 0 Å². The highest BCUT2D eigenvalue weighted by Gasteiger charge is 2.41. The molecule has 2 amide bonds. The molecule has 0 radical (unpaired) electrons. The fourth-order valence-electron chi connectivity index (χ4n) is 4.85. The number of carbonyl (C=O) groups excluding carboxylic acids is 2. The predicted molar refractivity (Wildman–Crippen MR) is 133 cm³/mol. The molecule has 3 N–H and O–H groups in total. The SMILES string of the molecule is CC(C)NC(=O)c1nnc2n1CCN([C@H]1CC[C@@](CN)(c3cccc(Cl)c3)CC1)C2=O.Cl.Cl. The molecule has 11 heteroatoms. The summed E-state index contributed by atoms with van der Waals surface area (Å²) < 4.78 is 1.63. The molecule has 1 aromatic heterocycles. The zero-order chi connectivity index (χ0) is 22.2. The fourth-order valence-corrected chi connectivity index (χ4v) is 5.04. The van der Waals surface area contributed by atoms with Crippen molar-refractivity contribution in [1.29, 1.82) is 0 Å². The van der Waals surface area contributed by atoms with E-state index in [1.165, 1.54) is 5.56 Å². The highest BCUT2D eigenvalue weighted by atomic mass is 35.5. The number of amides is 2. The van der Waals surface area contributed by atoms with Crippen LogP contribution in [0.5, 0.6) is 0 Å². The molecule has 0 spiro atoms. The smallest absolute Gasteiger partial charge is 0.292 e. The van der Waals surface area contributed by atoms with Crippen LogP contribution in [-0.2, 0) is 12.0 Å². The zero-order valence-electron chi connectivity index (χ0n) is 18.8. The lowest BCUT2D eigenvalue weighted by atomic mass is 9.68. The van der Waals surface area contributed by atoms with Crippen LogP contribution in [0.3, 0.4) is 0 Å². The topological polar surface area (TPSA) is 106 Å². The Morgan fingerprint density at radius 1 is 1.24 bits per heavy atom. The second kappa shape index (κ2) is 11.0. The van der Waals surface area contributed by atoms with E-state index in [4.69, 9.17) is 17.3 Å². The first kappa shape index (κ1) is 27.4. The molecule has 4 rings (SSSR count). The van der Waals surface area contributed by atoms with Gasteiger partial charge < -0.3 is 16.0 Å². The van der Waals surface area contributed by atoms with Gasteiger partial charge in [-0.1, -0.05) is 23.7 Å². The van der Waals surface area contributed by atoms with Crippen molar-refractivity contribution in [3.05, 3.63) is 46.5 Å². The number of rotatable bonds is 5. The Hall–Kier alpha value is -1.87. The molecule has 33 heavy (non-hydrogen) atoms. The van der Waals surface area contributed by atoms with Crippen LogP contribution < -0.4 is 11.1 Å². The number of aromatic nitrogens is 3. The first-order valence-corrected chi connectivity index (χ1v) is 11.2. The average molecular weight is 518 g/mol. The lowest BCUT2D eigenvalue weighted by molar-refractivity contribution is 0.0520. The molecular formula is C22H31Cl3N6O2. The summed E-state index contributed by atoms with van der Waals surface area (Å²) in [5, 5.41) is 11.6. The average Bonchev–Trinajstić information content (AvgIpc) is 3.19. The van der Waals surface area contributed by atoms with Crippen LogP contribution in [0.2, 0.25) is 5.02 Å². The molecule has 0 atom stereocenters. The number of hydrogen-bond donors (Lipinski definition) is 2. The number of halogens is 3. The van der Waals surface area contributed by atoms with Crippen LogP contribution in [0.15, 0.2) is 24.3 Å². The summed E-state index contributed by atoms with van der Waals surface area (Å²) in [6.45, 7) is 5.37. The Bertz CT molecular complexity index is 988. The van der Waals surface area contributed by atoms with Crippen molar-refractivity contribution in [2.24, 2.45) is 5.73 Å². The fraction of sp³-hybridized carbons (Fsp3) is 0.545. The van der Waals surface area contributed by atoms with Crippen molar-refractivity contribution in [3.63, 3.8) is 0 Å². The molecule has 0 bridgehead atoms. The van der Waals surface area contributed by atoms with E-state index in [-0.39, 0.29) is 65.8 Å². The Kier molecular flexibility index (Phi) is 9.16. The van der Waals surface area contributed by atoms with Crippen molar-refractivity contribution in [3.8, 4) is 0 Å². The molecule has 1 fully saturated rings. The van der Waals surface area contributed by atoms with Crippen molar-refractivity contribution in [2.75, 3.05) is 13.1 Å². The van der Waals surface area contributed by atoms with Crippen molar-refractivity contribution >= 4 is 48.2 Å². The van der Waals surface area contributed by atoms with E-state index >= 15 is 0 Å². The Balaban J connectivity index is 0.00000193. The van der Waals surface area contributed by atoms with Gasteiger partial charge in [-0.15, -0.1) is 35.0 Å². The third-order valence-corrected chi connectivity index (χ3v) is 6.81. The molecule has 2 aliphatic rings. The minimum atomic E-state index is -0.304. The second-order valence-corrected chi connectivity index (χ2v) is 9.29. The molecule has 1 aliphatic heterocycles. The van der Waals surface area contributed by atoms with Gasteiger partial charge in [-0.25, -0.2) is 0 Å². The van der Waals surface area contributed by atoms with Crippen molar-refractivity contribution < 1.29 is 9.59 Å². The molecule has 1 saturated carbocycles. The first-order valence-electron chi connectivity index (χ1n) is 10.9. The van der Waals surface area contributed by atoms with Crippen molar-refractivity contribution in [1.82, 2.24) is 25.0 Å². The lowest BCUT2D eigenvalue weighted by Gasteiger charge is -2.44. The summed E-state index contributed by atoms with van der Waals surface area (Å²) in [4.78, 5) is 27.4. The molecule has 8 nitrogen and oxygen atoms in total. The molecule has 0 saturated heterocycles. The maximum absolute atomic E-state index is 13.1. The maximum Gasteiger partial charge on any atom is 0.292 e. The van der Waals surface area contributed by atoms with Gasteiger partial charge in [-0.05, 0) is 57.2 Å². The van der Waals surface area contributed by atoms with Gasteiger partial charge in [0.2, 0.25) is 11.6 Å². The van der Waals surface area contributed by atoms with E-state index in [9.17, 15) is 9.59 Å². The predicted octanol–water partition coefficient (Wildman–Crippen LogP) is 3.21. The number of hydrogen-bond acceptors (Lipinski definition) is 5. The Morgan fingerprint density at radius 3 is 2.55 bits per heavy atom. The van der Waals surface area contributed by atoms with Gasteiger partial charge in [0.05, 0.1) is 0 Å². The summed E-state index contributed by atoms with van der Waals surface area (Å²) in [5.41, 5.74) is 7.28. The Morgan fingerprint density at radius 2 is 1.94 bits per heavy atom. The highest BCUT2D eigenvalue weighted by molar-refractivity contribution is 6.30. The van der Waals surface area contributed by atoms with E-state index in [0.29, 0.717) is 19.6 Å². The molecule has 182 valence electrons. The summed E-state index contributed by atoms with van der Waals surface area (Å²) in [6, 6.07) is 8.06. The van der Waals surface area contributed by atoms with Gasteiger partial charge in [-0.3, -0.25) is 14.2 Å². The van der Waals surface area contributed by atoms with Crippen LogP contribution in [0.1, 0.15) is 66.3 Å². The molecule has 1 aromatic carbocycles. The van der Waals surface area contributed by atoms with Gasteiger partial charge in [0, 0.05) is 42.2 Å². The third kappa shape index (κ3) is 5.29. The standard InChI is InChI=1S/C22H29ClN6O2.2ClH/c1-14(2)25-20(30)18-26-27-19-21(31)28(10-11-29(18)19)17-6-8-22(13-24,9-7-17)15-4-3-5-16(23)12-15;;/h3-5,12,14,17H,6-11,13,24H2,1-2H3,(H,25,30);2*1H/t17-,22+;;. The molecule has 0 unspecified atom stereocenters. The number of benzene rings is 1. The van der Waals surface area contributed by atoms with E-state index in [0.717, 1.165) is 30.7 Å². The van der Waals surface area contributed by atoms with Crippen LogP contribution in [0, 0.1) is 0 Å². The lowest BCUT2D eigenvalue weighted by Crippen LogP contribution is -2.51. The minimum absolute atomic E-state index is 0. The third-order valence-electron chi connectivity index (χ3n) is 6.57. The van der Waals surface area contributed by atoms with Crippen LogP contribution in [0.4, 0.5) is 0 Å². The van der Waals surface area contributed by atoms with Gasteiger partial charge >= 0.3 is 0 Å². The van der Waals surface area contributed by atoms with E-state index in [1.807, 2.05) is 36.9 Å².